The summed E-state index contributed by atoms with van der Waals surface area (Å²) in [4.78, 5) is 11.1. The lowest BCUT2D eigenvalue weighted by Gasteiger charge is -2.28. The van der Waals surface area contributed by atoms with Crippen molar-refractivity contribution in [1.29, 1.82) is 0 Å². The molecule has 0 aliphatic heterocycles. The zero-order valence-corrected chi connectivity index (χ0v) is 45.0. The highest BCUT2D eigenvalue weighted by Crippen LogP contribution is 2.53. The van der Waals surface area contributed by atoms with E-state index < -0.39 is 0 Å². The van der Waals surface area contributed by atoms with Crippen molar-refractivity contribution in [3.05, 3.63) is 229 Å². The standard InChI is InChI=1S/C72H63N3O/c1-70(2,3)49-35-36-64(58(42-49)46-25-14-11-15-26-46)75-65-34-22-33-57(67(65)74-69(75)61-43-50(71(4,5)6)44-62(68(61)76)72(7,8)9)60-40-48(63-41-47(37-38-73-63)45-23-12-10-13-24-45)39-59-55-31-19-18-29-53(55)51-27-16-17-28-52(51)54-30-20-21-32-56(54)66(59)60/h10-44,76H,1-9H3. The summed E-state index contributed by atoms with van der Waals surface area (Å²) in [5.41, 5.74) is 23.5. The molecule has 1 N–H and O–H groups in total. The van der Waals surface area contributed by atoms with E-state index in [0.717, 1.165) is 100 Å². The van der Waals surface area contributed by atoms with Gasteiger partial charge in [-0.3, -0.25) is 9.55 Å². The third-order valence-corrected chi connectivity index (χ3v) is 15.4. The Labute approximate surface area is 448 Å². The Kier molecular flexibility index (Phi) is 11.7. The van der Waals surface area contributed by atoms with Crippen molar-refractivity contribution in [2.75, 3.05) is 0 Å². The van der Waals surface area contributed by atoms with Crippen LogP contribution in [-0.2, 0) is 16.2 Å². The number of fused-ring (bicyclic) bond motifs is 9. The van der Waals surface area contributed by atoms with Crippen LogP contribution >= 0.6 is 0 Å². The van der Waals surface area contributed by atoms with Crippen LogP contribution in [0, 0.1) is 0 Å². The second-order valence-electron chi connectivity index (χ2n) is 23.6. The van der Waals surface area contributed by atoms with Gasteiger partial charge in [0.25, 0.3) is 0 Å². The lowest BCUT2D eigenvalue weighted by atomic mass is 9.77. The Hall–Kier alpha value is -8.60. The van der Waals surface area contributed by atoms with Crippen molar-refractivity contribution in [1.82, 2.24) is 14.5 Å². The van der Waals surface area contributed by atoms with E-state index in [-0.39, 0.29) is 22.0 Å². The van der Waals surface area contributed by atoms with E-state index in [1.165, 1.54) is 22.3 Å². The molecule has 12 rings (SSSR count). The van der Waals surface area contributed by atoms with Crippen LogP contribution < -0.4 is 0 Å². The second-order valence-corrected chi connectivity index (χ2v) is 23.6. The first-order valence-electron chi connectivity index (χ1n) is 26.6. The Morgan fingerprint density at radius 1 is 0.368 bits per heavy atom. The number of phenolic OH excluding ortho intramolecular Hbond substituents is 1. The maximum Gasteiger partial charge on any atom is 0.149 e. The van der Waals surface area contributed by atoms with E-state index in [1.807, 2.05) is 6.20 Å². The van der Waals surface area contributed by atoms with Gasteiger partial charge in [0.2, 0.25) is 0 Å². The van der Waals surface area contributed by atoms with Gasteiger partial charge < -0.3 is 5.11 Å². The number of hydrogen-bond donors (Lipinski definition) is 1. The van der Waals surface area contributed by atoms with E-state index in [2.05, 4.69) is 273 Å². The SMILES string of the molecule is CC(C)(C)c1ccc(-n2c(-c3cc(C(C)(C)C)cc(C(C)(C)C)c3O)nc3c(-c4cc(-c5cc(-c6ccccc6)ccn5)cc5c4-c4ccccc4-c4ccccc4-c4ccccc4-5)cccc32)c(-c2ccccc2)c1. The molecule has 0 radical (unpaired) electrons. The molecule has 1 aliphatic rings. The minimum absolute atomic E-state index is 0.109. The third-order valence-electron chi connectivity index (χ3n) is 15.4. The highest BCUT2D eigenvalue weighted by Gasteiger charge is 2.32. The van der Waals surface area contributed by atoms with Crippen LogP contribution in [0.15, 0.2) is 212 Å². The monoisotopic (exact) mass is 985 g/mol. The number of phenols is 1. The van der Waals surface area contributed by atoms with Crippen LogP contribution in [0.3, 0.4) is 0 Å². The van der Waals surface area contributed by atoms with E-state index in [4.69, 9.17) is 9.97 Å². The number of nitrogens with zero attached hydrogens (tertiary/aromatic N) is 3. The quantitative estimate of drug-likeness (QED) is 0.181. The smallest absolute Gasteiger partial charge is 0.149 e. The number of aromatic nitrogens is 3. The van der Waals surface area contributed by atoms with Crippen LogP contribution in [0.5, 0.6) is 5.75 Å². The first kappa shape index (κ1) is 48.3. The molecule has 0 atom stereocenters. The van der Waals surface area contributed by atoms with Gasteiger partial charge in [0.1, 0.15) is 11.6 Å². The number of benzene rings is 9. The summed E-state index contributed by atoms with van der Waals surface area (Å²) < 4.78 is 2.32. The molecule has 0 saturated heterocycles. The van der Waals surface area contributed by atoms with Crippen molar-refractivity contribution < 1.29 is 5.11 Å². The first-order chi connectivity index (χ1) is 36.5. The maximum absolute atomic E-state index is 12.9. The molecule has 76 heavy (non-hydrogen) atoms. The van der Waals surface area contributed by atoms with E-state index in [0.29, 0.717) is 11.4 Å². The molecule has 0 unspecified atom stereocenters. The Morgan fingerprint density at radius 3 is 1.47 bits per heavy atom. The molecule has 0 spiro atoms. The minimum atomic E-state index is -0.365. The summed E-state index contributed by atoms with van der Waals surface area (Å²) in [6, 6.07) is 74.7. The van der Waals surface area contributed by atoms with Gasteiger partial charge in [-0.2, -0.15) is 0 Å². The van der Waals surface area contributed by atoms with Crippen LogP contribution in [0.25, 0.3) is 117 Å². The molecule has 9 aromatic carbocycles. The van der Waals surface area contributed by atoms with Crippen LogP contribution in [0.2, 0.25) is 0 Å². The molecule has 2 aromatic heterocycles. The summed E-state index contributed by atoms with van der Waals surface area (Å²) >= 11 is 0. The Balaban J connectivity index is 1.24. The van der Waals surface area contributed by atoms with Crippen LogP contribution in [0.1, 0.15) is 79.0 Å². The van der Waals surface area contributed by atoms with Gasteiger partial charge in [0, 0.05) is 28.5 Å². The largest absolute Gasteiger partial charge is 0.507 e. The summed E-state index contributed by atoms with van der Waals surface area (Å²) in [5, 5.41) is 12.9. The number of pyridine rings is 1. The molecule has 4 heteroatoms. The summed E-state index contributed by atoms with van der Waals surface area (Å²) in [7, 11) is 0. The predicted molar refractivity (Wildman–Crippen MR) is 319 cm³/mol. The molecule has 0 amide bonds. The fraction of sp³-hybridized carbons (Fsp3) is 0.167. The van der Waals surface area contributed by atoms with Gasteiger partial charge in [0.05, 0.1) is 28.0 Å². The normalized spacial score (nSPS) is 12.3. The molecule has 0 bridgehead atoms. The lowest BCUT2D eigenvalue weighted by Crippen LogP contribution is -2.17. The maximum atomic E-state index is 12.9. The molecule has 11 aromatic rings. The average molecular weight is 986 g/mol. The average Bonchev–Trinajstić information content (AvgIpc) is 4.02. The molecular formula is C72H63N3O. The van der Waals surface area contributed by atoms with Gasteiger partial charge in [0.15, 0.2) is 0 Å². The van der Waals surface area contributed by atoms with Crippen molar-refractivity contribution in [2.24, 2.45) is 0 Å². The van der Waals surface area contributed by atoms with Gasteiger partial charge >= 0.3 is 0 Å². The highest BCUT2D eigenvalue weighted by atomic mass is 16.3. The topological polar surface area (TPSA) is 50.9 Å². The molecule has 4 nitrogen and oxygen atoms in total. The fourth-order valence-corrected chi connectivity index (χ4v) is 11.3. The Morgan fingerprint density at radius 2 is 0.882 bits per heavy atom. The second kappa shape index (κ2) is 18.4. The zero-order chi connectivity index (χ0) is 52.7. The molecular weight excluding hydrogens is 923 g/mol. The van der Waals surface area contributed by atoms with Crippen LogP contribution in [0.4, 0.5) is 0 Å². The third kappa shape index (κ3) is 8.43. The number of aromatic hydroxyl groups is 1. The highest BCUT2D eigenvalue weighted by molar-refractivity contribution is 6.11. The van der Waals surface area contributed by atoms with Crippen molar-refractivity contribution >= 4 is 11.0 Å². The van der Waals surface area contributed by atoms with Crippen LogP contribution in [-0.4, -0.2) is 19.6 Å². The predicted octanol–water partition coefficient (Wildman–Crippen LogP) is 19.3. The van der Waals surface area contributed by atoms with Gasteiger partial charge in [-0.1, -0.05) is 220 Å². The first-order valence-corrected chi connectivity index (χ1v) is 26.6. The number of hydrogen-bond acceptors (Lipinski definition) is 3. The molecule has 2 heterocycles. The fourth-order valence-electron chi connectivity index (χ4n) is 11.3. The van der Waals surface area contributed by atoms with Gasteiger partial charge in [-0.15, -0.1) is 0 Å². The van der Waals surface area contributed by atoms with Crippen molar-refractivity contribution in [3.63, 3.8) is 0 Å². The lowest BCUT2D eigenvalue weighted by molar-refractivity contribution is 0.446. The summed E-state index contributed by atoms with van der Waals surface area (Å²) in [5.74, 6) is 0.917. The zero-order valence-electron chi connectivity index (χ0n) is 45.0. The number of rotatable bonds is 6. The molecule has 372 valence electrons. The molecule has 0 saturated carbocycles. The molecule has 1 aliphatic carbocycles. The molecule has 0 fully saturated rings. The van der Waals surface area contributed by atoms with E-state index >= 15 is 0 Å². The number of para-hydroxylation sites is 1. The van der Waals surface area contributed by atoms with Gasteiger partial charge in [-0.05, 0) is 143 Å². The van der Waals surface area contributed by atoms with Gasteiger partial charge in [-0.25, -0.2) is 4.98 Å². The minimum Gasteiger partial charge on any atom is -0.507 e. The number of imidazole rings is 1. The van der Waals surface area contributed by atoms with Crippen molar-refractivity contribution in [2.45, 2.75) is 78.6 Å². The summed E-state index contributed by atoms with van der Waals surface area (Å²) in [6.07, 6.45) is 1.93. The Bertz CT molecular complexity index is 4050. The van der Waals surface area contributed by atoms with E-state index in [1.54, 1.807) is 0 Å². The summed E-state index contributed by atoms with van der Waals surface area (Å²) in [6.45, 7) is 20.1. The van der Waals surface area contributed by atoms with E-state index in [9.17, 15) is 5.11 Å². The van der Waals surface area contributed by atoms with Crippen molar-refractivity contribution in [3.8, 4) is 112 Å².